The van der Waals surface area contributed by atoms with Crippen LogP contribution in [0.1, 0.15) is 18.9 Å². The first-order valence-electron chi connectivity index (χ1n) is 6.11. The van der Waals surface area contributed by atoms with E-state index in [-0.39, 0.29) is 17.1 Å². The highest BCUT2D eigenvalue weighted by atomic mass is 35.5. The zero-order chi connectivity index (χ0) is 14.9. The van der Waals surface area contributed by atoms with Crippen molar-refractivity contribution in [2.24, 2.45) is 0 Å². The van der Waals surface area contributed by atoms with E-state index in [1.54, 1.807) is 6.08 Å². The fourth-order valence-corrected chi connectivity index (χ4v) is 3.85. The molecular weight excluding hydrogens is 305 g/mol. The summed E-state index contributed by atoms with van der Waals surface area (Å²) in [5.74, 6) is -0.942. The van der Waals surface area contributed by atoms with Crippen molar-refractivity contribution < 1.29 is 17.9 Å². The van der Waals surface area contributed by atoms with Gasteiger partial charge in [0.15, 0.2) is 0 Å². The van der Waals surface area contributed by atoms with Gasteiger partial charge in [-0.3, -0.25) is 0 Å². The lowest BCUT2D eigenvalue weighted by Crippen LogP contribution is -2.35. The highest BCUT2D eigenvalue weighted by Crippen LogP contribution is 2.27. The van der Waals surface area contributed by atoms with Gasteiger partial charge in [0, 0.05) is 23.7 Å². The second kappa shape index (κ2) is 5.81. The summed E-state index contributed by atoms with van der Waals surface area (Å²) in [5.41, 5.74) is 0.985. The Morgan fingerprint density at radius 1 is 1.45 bits per heavy atom. The molecule has 7 heteroatoms. The number of sulfonamides is 1. The molecule has 1 aliphatic rings. The second-order valence-corrected chi connectivity index (χ2v) is 7.04. The van der Waals surface area contributed by atoms with Gasteiger partial charge in [0.05, 0.1) is 6.61 Å². The van der Waals surface area contributed by atoms with Crippen LogP contribution < -0.4 is 0 Å². The molecule has 0 aliphatic carbocycles. The van der Waals surface area contributed by atoms with E-state index in [4.69, 9.17) is 16.7 Å². The van der Waals surface area contributed by atoms with Gasteiger partial charge < -0.3 is 5.11 Å². The molecule has 1 N–H and O–H groups in total. The van der Waals surface area contributed by atoms with Crippen LogP contribution in [-0.4, -0.2) is 30.9 Å². The molecule has 0 bridgehead atoms. The zero-order valence-corrected chi connectivity index (χ0v) is 12.5. The van der Waals surface area contributed by atoms with Gasteiger partial charge in [0.2, 0.25) is 10.0 Å². The second-order valence-electron chi connectivity index (χ2n) is 4.70. The van der Waals surface area contributed by atoms with Crippen molar-refractivity contribution in [1.82, 2.24) is 4.31 Å². The first-order chi connectivity index (χ1) is 9.36. The van der Waals surface area contributed by atoms with Gasteiger partial charge in [-0.2, -0.15) is 4.31 Å². The third kappa shape index (κ3) is 2.88. The molecule has 0 saturated carbocycles. The SMILES string of the molecule is CC1=CCN(S(=O)(=O)c2cc(Cl)cc(CO)c2F)CC1. The lowest BCUT2D eigenvalue weighted by Gasteiger charge is -2.25. The van der Waals surface area contributed by atoms with E-state index in [0.29, 0.717) is 13.0 Å². The summed E-state index contributed by atoms with van der Waals surface area (Å²) < 4.78 is 40.2. The maximum Gasteiger partial charge on any atom is 0.246 e. The van der Waals surface area contributed by atoms with Gasteiger partial charge in [-0.15, -0.1) is 0 Å². The molecule has 1 aliphatic heterocycles. The summed E-state index contributed by atoms with van der Waals surface area (Å²) in [6, 6.07) is 2.30. The van der Waals surface area contributed by atoms with Crippen LogP contribution in [0.15, 0.2) is 28.7 Å². The average Bonchev–Trinajstić information content (AvgIpc) is 2.41. The normalized spacial score (nSPS) is 17.1. The van der Waals surface area contributed by atoms with Gasteiger partial charge >= 0.3 is 0 Å². The minimum atomic E-state index is -3.95. The maximum absolute atomic E-state index is 14.1. The van der Waals surface area contributed by atoms with Crippen LogP contribution in [0.3, 0.4) is 0 Å². The molecule has 0 fully saturated rings. The van der Waals surface area contributed by atoms with Crippen molar-refractivity contribution in [3.63, 3.8) is 0 Å². The number of aliphatic hydroxyl groups excluding tert-OH is 1. The van der Waals surface area contributed by atoms with E-state index >= 15 is 0 Å². The predicted molar refractivity (Wildman–Crippen MR) is 74.5 cm³/mol. The summed E-state index contributed by atoms with van der Waals surface area (Å²) in [7, 11) is -3.95. The number of hydrogen-bond donors (Lipinski definition) is 1. The summed E-state index contributed by atoms with van der Waals surface area (Å²) in [4.78, 5) is -0.484. The minimum absolute atomic E-state index is 0.0813. The van der Waals surface area contributed by atoms with E-state index in [9.17, 15) is 12.8 Å². The molecule has 0 aromatic heterocycles. The number of nitrogens with zero attached hydrogens (tertiary/aromatic N) is 1. The third-order valence-electron chi connectivity index (χ3n) is 3.27. The summed E-state index contributed by atoms with van der Waals surface area (Å²) in [6.45, 7) is 1.85. The van der Waals surface area contributed by atoms with Crippen molar-refractivity contribution in [2.45, 2.75) is 24.8 Å². The summed E-state index contributed by atoms with van der Waals surface area (Å²) in [6.07, 6.45) is 2.42. The molecule has 0 saturated heterocycles. The van der Waals surface area contributed by atoms with Gasteiger partial charge in [0.1, 0.15) is 10.7 Å². The van der Waals surface area contributed by atoms with Crippen molar-refractivity contribution in [1.29, 1.82) is 0 Å². The van der Waals surface area contributed by atoms with Crippen molar-refractivity contribution in [3.8, 4) is 0 Å². The van der Waals surface area contributed by atoms with Crippen LogP contribution in [0.5, 0.6) is 0 Å². The van der Waals surface area contributed by atoms with Gasteiger partial charge in [0.25, 0.3) is 0 Å². The predicted octanol–water partition coefficient (Wildman–Crippen LogP) is 2.31. The molecule has 0 unspecified atom stereocenters. The maximum atomic E-state index is 14.1. The van der Waals surface area contributed by atoms with Crippen molar-refractivity contribution >= 4 is 21.6 Å². The van der Waals surface area contributed by atoms with E-state index in [0.717, 1.165) is 11.6 Å². The zero-order valence-electron chi connectivity index (χ0n) is 10.9. The highest BCUT2D eigenvalue weighted by Gasteiger charge is 2.29. The van der Waals surface area contributed by atoms with Gasteiger partial charge in [-0.25, -0.2) is 12.8 Å². The molecule has 110 valence electrons. The first-order valence-corrected chi connectivity index (χ1v) is 7.92. The van der Waals surface area contributed by atoms with Gasteiger partial charge in [-0.1, -0.05) is 23.3 Å². The van der Waals surface area contributed by atoms with Crippen molar-refractivity contribution in [3.05, 3.63) is 40.2 Å². The third-order valence-corrected chi connectivity index (χ3v) is 5.35. The summed E-state index contributed by atoms with van der Waals surface area (Å²) in [5, 5.41) is 9.14. The van der Waals surface area contributed by atoms with Crippen molar-refractivity contribution in [2.75, 3.05) is 13.1 Å². The van der Waals surface area contributed by atoms with Gasteiger partial charge in [-0.05, 0) is 25.5 Å². The molecule has 2 rings (SSSR count). The molecular formula is C13H15ClFNO3S. The minimum Gasteiger partial charge on any atom is -0.392 e. The highest BCUT2D eigenvalue weighted by molar-refractivity contribution is 7.89. The number of benzene rings is 1. The average molecular weight is 320 g/mol. The molecule has 0 spiro atoms. The van der Waals surface area contributed by atoms with E-state index < -0.39 is 27.3 Å². The van der Waals surface area contributed by atoms with Crippen LogP contribution >= 0.6 is 11.6 Å². The standard InChI is InChI=1S/C13H15ClFNO3S/c1-9-2-4-16(5-3-9)20(18,19)12-7-11(14)6-10(8-17)13(12)15/h2,6-7,17H,3-5,8H2,1H3. The smallest absolute Gasteiger partial charge is 0.246 e. The first kappa shape index (κ1) is 15.4. The molecule has 4 nitrogen and oxygen atoms in total. The van der Waals surface area contributed by atoms with E-state index in [1.165, 1.54) is 10.4 Å². The van der Waals surface area contributed by atoms with Crippen LogP contribution in [0.4, 0.5) is 4.39 Å². The Morgan fingerprint density at radius 3 is 2.70 bits per heavy atom. The quantitative estimate of drug-likeness (QED) is 0.870. The topological polar surface area (TPSA) is 57.6 Å². The molecule has 1 heterocycles. The van der Waals surface area contributed by atoms with Crippen LogP contribution in [0.2, 0.25) is 5.02 Å². The molecule has 0 radical (unpaired) electrons. The lowest BCUT2D eigenvalue weighted by atomic mass is 10.1. The molecule has 1 aromatic rings. The molecule has 0 atom stereocenters. The Hall–Kier alpha value is -0.950. The number of aliphatic hydroxyl groups is 1. The van der Waals surface area contributed by atoms with E-state index in [2.05, 4.69) is 0 Å². The molecule has 0 amide bonds. The Morgan fingerprint density at radius 2 is 2.15 bits per heavy atom. The Balaban J connectivity index is 2.47. The van der Waals surface area contributed by atoms with Crippen LogP contribution in [-0.2, 0) is 16.6 Å². The van der Waals surface area contributed by atoms with Crippen LogP contribution in [0.25, 0.3) is 0 Å². The Bertz CT molecular complexity index is 658. The largest absolute Gasteiger partial charge is 0.392 e. The Labute approximate surface area is 122 Å². The fourth-order valence-electron chi connectivity index (χ4n) is 2.03. The number of hydrogen-bond acceptors (Lipinski definition) is 3. The number of rotatable bonds is 3. The number of halogens is 2. The fraction of sp³-hybridized carbons (Fsp3) is 0.385. The lowest BCUT2D eigenvalue weighted by molar-refractivity contribution is 0.274. The van der Waals surface area contributed by atoms with Crippen LogP contribution in [0, 0.1) is 5.82 Å². The monoisotopic (exact) mass is 319 g/mol. The molecule has 1 aromatic carbocycles. The molecule has 20 heavy (non-hydrogen) atoms. The summed E-state index contributed by atoms with van der Waals surface area (Å²) >= 11 is 5.80. The Kier molecular flexibility index (Phi) is 4.49. The van der Waals surface area contributed by atoms with E-state index in [1.807, 2.05) is 6.92 Å².